The highest BCUT2D eigenvalue weighted by Crippen LogP contribution is 2.27. The van der Waals surface area contributed by atoms with Crippen LogP contribution < -0.4 is 5.32 Å². The number of nitro benzene ring substituents is 1. The molecule has 1 aromatic carbocycles. The summed E-state index contributed by atoms with van der Waals surface area (Å²) in [5.41, 5.74) is -1.41. The first-order valence-electron chi connectivity index (χ1n) is 8.18. The number of hydrogen-bond acceptors (Lipinski definition) is 7. The van der Waals surface area contributed by atoms with E-state index in [0.717, 1.165) is 19.2 Å². The first-order valence-corrected chi connectivity index (χ1v) is 9.62. The lowest BCUT2D eigenvalue weighted by atomic mass is 10.2. The molecule has 0 unspecified atom stereocenters. The zero-order valence-corrected chi connectivity index (χ0v) is 16.7. The first kappa shape index (κ1) is 23.3. The van der Waals surface area contributed by atoms with Crippen molar-refractivity contribution < 1.29 is 32.8 Å². The van der Waals surface area contributed by atoms with Gasteiger partial charge in [0, 0.05) is 19.7 Å². The third-order valence-electron chi connectivity index (χ3n) is 3.53. The van der Waals surface area contributed by atoms with Crippen LogP contribution in [0.25, 0.3) is 0 Å². The van der Waals surface area contributed by atoms with Gasteiger partial charge < -0.3 is 15.2 Å². The van der Waals surface area contributed by atoms with Crippen molar-refractivity contribution in [3.8, 4) is 0 Å². The molecule has 12 heteroatoms. The Balaban J connectivity index is 2.98. The van der Waals surface area contributed by atoms with Crippen molar-refractivity contribution in [2.45, 2.75) is 43.7 Å². The Labute approximate surface area is 162 Å². The molecule has 0 saturated carbocycles. The monoisotopic (exact) mass is 417 g/mol. The lowest BCUT2D eigenvalue weighted by Crippen LogP contribution is -2.44. The van der Waals surface area contributed by atoms with Crippen molar-refractivity contribution >= 4 is 27.8 Å². The molecule has 0 bridgehead atoms. The number of rotatable bonds is 8. The average Bonchev–Trinajstić information content (AvgIpc) is 2.56. The summed E-state index contributed by atoms with van der Waals surface area (Å²) < 4.78 is 31.0. The smallest absolute Gasteiger partial charge is 0.407 e. The fourth-order valence-corrected chi connectivity index (χ4v) is 3.73. The highest BCUT2D eigenvalue weighted by Gasteiger charge is 2.36. The highest BCUT2D eigenvalue weighted by molar-refractivity contribution is 7.89. The van der Waals surface area contributed by atoms with E-state index in [4.69, 9.17) is 4.74 Å². The van der Waals surface area contributed by atoms with E-state index in [9.17, 15) is 33.2 Å². The number of ether oxygens (including phenoxy) is 1. The number of sulfonamides is 1. The highest BCUT2D eigenvalue weighted by atomic mass is 32.2. The Hall–Kier alpha value is -2.73. The van der Waals surface area contributed by atoms with Gasteiger partial charge in [-0.05, 0) is 33.3 Å². The summed E-state index contributed by atoms with van der Waals surface area (Å²) in [5, 5.41) is 22.8. The molecule has 1 amide bonds. The fourth-order valence-electron chi connectivity index (χ4n) is 2.23. The van der Waals surface area contributed by atoms with Crippen LogP contribution in [0.1, 0.15) is 27.2 Å². The van der Waals surface area contributed by atoms with E-state index in [0.29, 0.717) is 4.31 Å². The van der Waals surface area contributed by atoms with Gasteiger partial charge >= 0.3 is 12.1 Å². The van der Waals surface area contributed by atoms with Crippen molar-refractivity contribution in [3.05, 3.63) is 34.4 Å². The van der Waals surface area contributed by atoms with Crippen LogP contribution in [-0.4, -0.2) is 60.1 Å². The van der Waals surface area contributed by atoms with Crippen LogP contribution in [0.15, 0.2) is 29.2 Å². The SMILES string of the molecule is CN([C@@H](CCNC(=O)OC(C)(C)C)C(=O)O)S(=O)(=O)c1ccccc1[N+](=O)[O-]. The van der Waals surface area contributed by atoms with Gasteiger partial charge in [0.2, 0.25) is 10.0 Å². The zero-order chi connectivity index (χ0) is 21.7. The molecule has 0 spiro atoms. The minimum absolute atomic E-state index is 0.178. The number of carboxylic acids is 1. The third-order valence-corrected chi connectivity index (χ3v) is 5.44. The molecule has 0 fully saturated rings. The van der Waals surface area contributed by atoms with Crippen LogP contribution in [-0.2, 0) is 19.6 Å². The van der Waals surface area contributed by atoms with E-state index in [-0.39, 0.29) is 13.0 Å². The van der Waals surface area contributed by atoms with E-state index in [1.165, 1.54) is 12.1 Å². The minimum atomic E-state index is -4.47. The zero-order valence-electron chi connectivity index (χ0n) is 15.9. The number of alkyl carbamates (subject to hydrolysis) is 1. The number of carboxylic acid groups (broad SMARTS) is 1. The van der Waals surface area contributed by atoms with Gasteiger partial charge in [-0.25, -0.2) is 13.2 Å². The molecule has 156 valence electrons. The molecule has 0 heterocycles. The quantitative estimate of drug-likeness (QED) is 0.477. The van der Waals surface area contributed by atoms with Crippen LogP contribution >= 0.6 is 0 Å². The maximum atomic E-state index is 12.7. The van der Waals surface area contributed by atoms with E-state index in [1.807, 2.05) is 0 Å². The number of nitrogens with one attached hydrogen (secondary N) is 1. The molecule has 0 aliphatic heterocycles. The van der Waals surface area contributed by atoms with Crippen molar-refractivity contribution in [1.29, 1.82) is 0 Å². The number of carbonyl (C=O) groups is 2. The van der Waals surface area contributed by atoms with Gasteiger partial charge in [0.25, 0.3) is 5.69 Å². The normalized spacial score (nSPS) is 13.0. The Morgan fingerprint density at radius 2 is 1.89 bits per heavy atom. The molecule has 1 aromatic rings. The number of likely N-dealkylation sites (N-methyl/N-ethyl adjacent to an activating group) is 1. The number of amides is 1. The summed E-state index contributed by atoms with van der Waals surface area (Å²) in [6.07, 6.45) is -1.05. The second-order valence-electron chi connectivity index (χ2n) is 6.82. The van der Waals surface area contributed by atoms with Gasteiger partial charge in [-0.2, -0.15) is 4.31 Å². The summed E-state index contributed by atoms with van der Waals surface area (Å²) in [5.74, 6) is -1.46. The maximum absolute atomic E-state index is 12.7. The Kier molecular flexibility index (Phi) is 7.47. The number of nitrogens with zero attached hydrogens (tertiary/aromatic N) is 2. The molecule has 2 N–H and O–H groups in total. The van der Waals surface area contributed by atoms with Crippen LogP contribution in [0, 0.1) is 10.1 Å². The van der Waals surface area contributed by atoms with Crippen molar-refractivity contribution in [2.24, 2.45) is 0 Å². The predicted octanol–water partition coefficient (Wildman–Crippen LogP) is 1.58. The lowest BCUT2D eigenvalue weighted by molar-refractivity contribution is -0.387. The largest absolute Gasteiger partial charge is 0.480 e. The third kappa shape index (κ3) is 6.16. The molecule has 0 saturated heterocycles. The molecule has 0 aliphatic rings. The van der Waals surface area contributed by atoms with Crippen LogP contribution in [0.5, 0.6) is 0 Å². The topological polar surface area (TPSA) is 156 Å². The Morgan fingerprint density at radius 1 is 1.32 bits per heavy atom. The van der Waals surface area contributed by atoms with E-state index in [2.05, 4.69) is 5.32 Å². The van der Waals surface area contributed by atoms with Crippen LogP contribution in [0.2, 0.25) is 0 Å². The molecule has 0 aliphatic carbocycles. The summed E-state index contributed by atoms with van der Waals surface area (Å²) in [6, 6.07) is 3.09. The minimum Gasteiger partial charge on any atom is -0.480 e. The van der Waals surface area contributed by atoms with Gasteiger partial charge in [0.05, 0.1) is 4.92 Å². The number of aliphatic carboxylic acids is 1. The van der Waals surface area contributed by atoms with E-state index >= 15 is 0 Å². The molecule has 28 heavy (non-hydrogen) atoms. The van der Waals surface area contributed by atoms with Gasteiger partial charge in [0.1, 0.15) is 11.6 Å². The van der Waals surface area contributed by atoms with Crippen LogP contribution in [0.4, 0.5) is 10.5 Å². The van der Waals surface area contributed by atoms with E-state index < -0.39 is 49.2 Å². The van der Waals surface area contributed by atoms with Crippen molar-refractivity contribution in [2.75, 3.05) is 13.6 Å². The number of carbonyl (C=O) groups excluding carboxylic acids is 1. The Morgan fingerprint density at radius 3 is 2.39 bits per heavy atom. The van der Waals surface area contributed by atoms with Gasteiger partial charge in [-0.1, -0.05) is 12.1 Å². The lowest BCUT2D eigenvalue weighted by Gasteiger charge is -2.24. The van der Waals surface area contributed by atoms with Crippen molar-refractivity contribution in [1.82, 2.24) is 9.62 Å². The second kappa shape index (κ2) is 8.97. The number of para-hydroxylation sites is 1. The fraction of sp³-hybridized carbons (Fsp3) is 0.500. The molecule has 11 nitrogen and oxygen atoms in total. The average molecular weight is 417 g/mol. The molecule has 1 atom stereocenters. The molecule has 1 rings (SSSR count). The molecular weight excluding hydrogens is 394 g/mol. The summed E-state index contributed by atoms with van der Waals surface area (Å²) in [7, 11) is -3.46. The number of hydrogen-bond donors (Lipinski definition) is 2. The summed E-state index contributed by atoms with van der Waals surface area (Å²) in [4.78, 5) is 32.8. The number of benzene rings is 1. The number of nitro groups is 1. The first-order chi connectivity index (χ1) is 12.8. The van der Waals surface area contributed by atoms with Gasteiger partial charge in [-0.3, -0.25) is 14.9 Å². The molecule has 0 aromatic heterocycles. The molecular formula is C16H23N3O8S. The molecule has 0 radical (unpaired) electrons. The van der Waals surface area contributed by atoms with Gasteiger partial charge in [0.15, 0.2) is 4.90 Å². The maximum Gasteiger partial charge on any atom is 0.407 e. The Bertz CT molecular complexity index is 848. The van der Waals surface area contributed by atoms with Crippen LogP contribution in [0.3, 0.4) is 0 Å². The predicted molar refractivity (Wildman–Crippen MR) is 98.3 cm³/mol. The van der Waals surface area contributed by atoms with Gasteiger partial charge in [-0.15, -0.1) is 0 Å². The van der Waals surface area contributed by atoms with Crippen molar-refractivity contribution in [3.63, 3.8) is 0 Å². The standard InChI is InChI=1S/C16H23N3O8S/c1-16(2,3)27-15(22)17-10-9-12(14(20)21)18(4)28(25,26)13-8-6-5-7-11(13)19(23)24/h5-8,12H,9-10H2,1-4H3,(H,17,22)(H,20,21)/t12-/m0/s1. The summed E-state index contributed by atoms with van der Waals surface area (Å²) >= 11 is 0. The summed E-state index contributed by atoms with van der Waals surface area (Å²) in [6.45, 7) is 4.78. The second-order valence-corrected chi connectivity index (χ2v) is 8.78. The van der Waals surface area contributed by atoms with E-state index in [1.54, 1.807) is 20.8 Å².